The van der Waals surface area contributed by atoms with Gasteiger partial charge in [0.1, 0.15) is 5.65 Å². The number of amides is 1. The van der Waals surface area contributed by atoms with Crippen LogP contribution >= 0.6 is 0 Å². The van der Waals surface area contributed by atoms with Crippen LogP contribution < -0.4 is 21.5 Å². The molecule has 1 fully saturated rings. The fraction of sp³-hybridized carbons (Fsp3) is 0.391. The Morgan fingerprint density at radius 1 is 1.13 bits per heavy atom. The summed E-state index contributed by atoms with van der Waals surface area (Å²) in [6, 6.07) is 9.57. The zero-order valence-electron chi connectivity index (χ0n) is 18.1. The first kappa shape index (κ1) is 20.8. The number of aryl methyl sites for hydroxylation is 2. The molecule has 0 radical (unpaired) electrons. The molecule has 1 aliphatic heterocycles. The third kappa shape index (κ3) is 4.10. The van der Waals surface area contributed by atoms with Gasteiger partial charge in [0.2, 0.25) is 0 Å². The minimum atomic E-state index is -0.616. The Balaban J connectivity index is 1.59. The molecule has 1 saturated heterocycles. The molecule has 1 amide bonds. The standard InChI is InChI=1S/C23H27N5O3/c1-14-13-18(19-20(24-14)27(3)23(31)26-22(19)30)21(29)25-15(2)16-7-9-17(10-8-16)28-11-5-4-6-12-28/h7-10,13,15H,4-6,11-12H2,1-3H3,(H,25,29)(H,26,30,31)/t15-/m0/s1. The molecule has 8 nitrogen and oxygen atoms in total. The molecule has 4 rings (SSSR count). The summed E-state index contributed by atoms with van der Waals surface area (Å²) in [7, 11) is 1.52. The van der Waals surface area contributed by atoms with Gasteiger partial charge in [-0.05, 0) is 56.9 Å². The monoisotopic (exact) mass is 421 g/mol. The van der Waals surface area contributed by atoms with E-state index in [0.29, 0.717) is 5.69 Å². The number of aromatic amines is 1. The molecular formula is C23H27N5O3. The summed E-state index contributed by atoms with van der Waals surface area (Å²) in [5.41, 5.74) is 1.94. The number of H-pyrrole nitrogens is 1. The van der Waals surface area contributed by atoms with E-state index in [2.05, 4.69) is 32.3 Å². The van der Waals surface area contributed by atoms with E-state index in [1.165, 1.54) is 36.6 Å². The first-order chi connectivity index (χ1) is 14.8. The zero-order chi connectivity index (χ0) is 22.1. The fourth-order valence-electron chi connectivity index (χ4n) is 4.13. The molecule has 0 bridgehead atoms. The molecule has 2 N–H and O–H groups in total. The van der Waals surface area contributed by atoms with Crippen LogP contribution in [0.15, 0.2) is 39.9 Å². The van der Waals surface area contributed by atoms with Crippen molar-refractivity contribution in [1.29, 1.82) is 0 Å². The number of benzene rings is 1. The second kappa shape index (κ2) is 8.37. The van der Waals surface area contributed by atoms with Crippen LogP contribution in [0.25, 0.3) is 11.0 Å². The van der Waals surface area contributed by atoms with E-state index in [4.69, 9.17) is 0 Å². The number of carbonyl (C=O) groups is 1. The molecule has 2 aromatic heterocycles. The highest BCUT2D eigenvalue weighted by Crippen LogP contribution is 2.23. The average molecular weight is 422 g/mol. The van der Waals surface area contributed by atoms with Gasteiger partial charge in [0.15, 0.2) is 0 Å². The maximum atomic E-state index is 13.1. The summed E-state index contributed by atoms with van der Waals surface area (Å²) in [6.45, 7) is 5.79. The lowest BCUT2D eigenvalue weighted by atomic mass is 10.0. The van der Waals surface area contributed by atoms with Crippen molar-refractivity contribution in [2.24, 2.45) is 7.05 Å². The van der Waals surface area contributed by atoms with Gasteiger partial charge in [0.25, 0.3) is 11.5 Å². The van der Waals surface area contributed by atoms with Gasteiger partial charge in [-0.25, -0.2) is 9.78 Å². The van der Waals surface area contributed by atoms with Crippen molar-refractivity contribution in [3.8, 4) is 0 Å². The Labute approximate surface area is 179 Å². The highest BCUT2D eigenvalue weighted by molar-refractivity contribution is 6.05. The number of hydrogen-bond donors (Lipinski definition) is 2. The molecular weight excluding hydrogens is 394 g/mol. The van der Waals surface area contributed by atoms with Gasteiger partial charge in [-0.3, -0.25) is 19.1 Å². The highest BCUT2D eigenvalue weighted by Gasteiger charge is 2.20. The van der Waals surface area contributed by atoms with Crippen LogP contribution in [0.1, 0.15) is 53.8 Å². The molecule has 31 heavy (non-hydrogen) atoms. The molecule has 0 unspecified atom stereocenters. The number of piperidine rings is 1. The molecule has 0 saturated carbocycles. The fourth-order valence-corrected chi connectivity index (χ4v) is 4.13. The van der Waals surface area contributed by atoms with Gasteiger partial charge in [0, 0.05) is 31.5 Å². The minimum Gasteiger partial charge on any atom is -0.372 e. The van der Waals surface area contributed by atoms with E-state index < -0.39 is 11.2 Å². The molecule has 3 heterocycles. The van der Waals surface area contributed by atoms with Crippen molar-refractivity contribution >= 4 is 22.6 Å². The van der Waals surface area contributed by atoms with Gasteiger partial charge in [-0.15, -0.1) is 0 Å². The van der Waals surface area contributed by atoms with Crippen molar-refractivity contribution in [1.82, 2.24) is 19.9 Å². The third-order valence-electron chi connectivity index (χ3n) is 5.90. The predicted octanol–water partition coefficient (Wildman–Crippen LogP) is 2.41. The second-order valence-electron chi connectivity index (χ2n) is 8.16. The Hall–Kier alpha value is -3.42. The number of aromatic nitrogens is 3. The minimum absolute atomic E-state index is 0.109. The highest BCUT2D eigenvalue weighted by atomic mass is 16.2. The smallest absolute Gasteiger partial charge is 0.329 e. The summed E-state index contributed by atoms with van der Waals surface area (Å²) in [5.74, 6) is -0.382. The van der Waals surface area contributed by atoms with Gasteiger partial charge in [0.05, 0.1) is 17.0 Å². The quantitative estimate of drug-likeness (QED) is 0.674. The lowest BCUT2D eigenvalue weighted by Crippen LogP contribution is -2.33. The van der Waals surface area contributed by atoms with Crippen molar-refractivity contribution in [3.05, 3.63) is 68.0 Å². The number of hydrogen-bond acceptors (Lipinski definition) is 5. The summed E-state index contributed by atoms with van der Waals surface area (Å²) >= 11 is 0. The first-order valence-corrected chi connectivity index (χ1v) is 10.6. The SMILES string of the molecule is Cc1cc(C(=O)N[C@@H](C)c2ccc(N3CCCCC3)cc2)c2c(=O)[nH]c(=O)n(C)c2n1. The maximum Gasteiger partial charge on any atom is 0.329 e. The number of nitrogens with zero attached hydrogens (tertiary/aromatic N) is 3. The summed E-state index contributed by atoms with van der Waals surface area (Å²) < 4.78 is 1.24. The first-order valence-electron chi connectivity index (χ1n) is 10.6. The van der Waals surface area contributed by atoms with Crippen LogP contribution in [0.2, 0.25) is 0 Å². The van der Waals surface area contributed by atoms with Crippen molar-refractivity contribution in [3.63, 3.8) is 0 Å². The lowest BCUT2D eigenvalue weighted by Gasteiger charge is -2.29. The number of pyridine rings is 1. The van der Waals surface area contributed by atoms with E-state index in [9.17, 15) is 14.4 Å². The number of nitrogens with one attached hydrogen (secondary N) is 2. The molecule has 1 atom stereocenters. The van der Waals surface area contributed by atoms with Crippen LogP contribution in [0.4, 0.5) is 5.69 Å². The van der Waals surface area contributed by atoms with Gasteiger partial charge in [-0.2, -0.15) is 0 Å². The molecule has 1 aliphatic rings. The maximum absolute atomic E-state index is 13.1. The molecule has 1 aromatic carbocycles. The van der Waals surface area contributed by atoms with Gasteiger partial charge < -0.3 is 10.2 Å². The summed E-state index contributed by atoms with van der Waals surface area (Å²) in [4.78, 5) is 46.3. The Morgan fingerprint density at radius 3 is 2.48 bits per heavy atom. The average Bonchev–Trinajstić information content (AvgIpc) is 2.77. The Bertz CT molecular complexity index is 1240. The van der Waals surface area contributed by atoms with Crippen molar-refractivity contribution < 1.29 is 4.79 Å². The van der Waals surface area contributed by atoms with Gasteiger partial charge in [-0.1, -0.05) is 12.1 Å². The summed E-state index contributed by atoms with van der Waals surface area (Å²) in [5, 5.41) is 3.08. The van der Waals surface area contributed by atoms with Crippen molar-refractivity contribution in [2.75, 3.05) is 18.0 Å². The molecule has 0 aliphatic carbocycles. The van der Waals surface area contributed by atoms with E-state index in [-0.39, 0.29) is 28.5 Å². The van der Waals surface area contributed by atoms with Crippen LogP contribution in [-0.4, -0.2) is 33.5 Å². The largest absolute Gasteiger partial charge is 0.372 e. The third-order valence-corrected chi connectivity index (χ3v) is 5.90. The van der Waals surface area contributed by atoms with Crippen LogP contribution in [0, 0.1) is 6.92 Å². The van der Waals surface area contributed by atoms with Gasteiger partial charge >= 0.3 is 5.69 Å². The number of carbonyl (C=O) groups excluding carboxylic acids is 1. The molecule has 8 heteroatoms. The van der Waals surface area contributed by atoms with E-state index in [1.54, 1.807) is 13.0 Å². The second-order valence-corrected chi connectivity index (χ2v) is 8.16. The number of anilines is 1. The Kier molecular flexibility index (Phi) is 5.63. The topological polar surface area (TPSA) is 100 Å². The normalized spacial score (nSPS) is 15.1. The van der Waals surface area contributed by atoms with E-state index in [1.807, 2.05) is 19.1 Å². The van der Waals surface area contributed by atoms with Crippen molar-refractivity contribution in [2.45, 2.75) is 39.2 Å². The summed E-state index contributed by atoms with van der Waals surface area (Å²) in [6.07, 6.45) is 3.73. The number of fused-ring (bicyclic) bond motifs is 1. The lowest BCUT2D eigenvalue weighted by molar-refractivity contribution is 0.0941. The predicted molar refractivity (Wildman–Crippen MR) is 121 cm³/mol. The van der Waals surface area contributed by atoms with Crippen LogP contribution in [0.5, 0.6) is 0 Å². The van der Waals surface area contributed by atoms with E-state index in [0.717, 1.165) is 18.7 Å². The van der Waals surface area contributed by atoms with E-state index >= 15 is 0 Å². The van der Waals surface area contributed by atoms with Crippen LogP contribution in [0.3, 0.4) is 0 Å². The zero-order valence-corrected chi connectivity index (χ0v) is 18.1. The Morgan fingerprint density at radius 2 is 1.81 bits per heavy atom. The van der Waals surface area contributed by atoms with Crippen LogP contribution in [-0.2, 0) is 7.05 Å². The molecule has 0 spiro atoms. The molecule has 3 aromatic rings. The number of rotatable bonds is 4. The molecule has 162 valence electrons.